The first-order chi connectivity index (χ1) is 16.3. The van der Waals surface area contributed by atoms with E-state index in [0.717, 1.165) is 5.56 Å². The molecule has 5 N–H and O–H groups in total. The summed E-state index contributed by atoms with van der Waals surface area (Å²) in [5.74, 6) is -2.60. The Morgan fingerprint density at radius 3 is 2.44 bits per heavy atom. The summed E-state index contributed by atoms with van der Waals surface area (Å²) in [7, 11) is 1.68. The third kappa shape index (κ3) is 8.75. The Hall–Kier alpha value is -2.98. The van der Waals surface area contributed by atoms with Crippen molar-refractivity contribution in [1.29, 1.82) is 0 Å². The van der Waals surface area contributed by atoms with E-state index in [1.54, 1.807) is 7.05 Å². The molecule has 2 amide bonds. The minimum absolute atomic E-state index is 0.124. The van der Waals surface area contributed by atoms with Gasteiger partial charge in [-0.3, -0.25) is 19.7 Å². The van der Waals surface area contributed by atoms with Crippen LogP contribution in [0.2, 0.25) is 0 Å². The van der Waals surface area contributed by atoms with Crippen LogP contribution in [0.5, 0.6) is 0 Å². The van der Waals surface area contributed by atoms with Crippen molar-refractivity contribution < 1.29 is 29.4 Å². The van der Waals surface area contributed by atoms with Gasteiger partial charge < -0.3 is 25.7 Å². The molecule has 1 fully saturated rings. The normalized spacial score (nSPS) is 17.2. The predicted molar refractivity (Wildman–Crippen MR) is 126 cm³/mol. The summed E-state index contributed by atoms with van der Waals surface area (Å²) in [6.45, 7) is 1.00. The second kappa shape index (κ2) is 14.3. The first-order valence-corrected chi connectivity index (χ1v) is 11.8. The van der Waals surface area contributed by atoms with Crippen molar-refractivity contribution in [3.05, 3.63) is 35.9 Å². The van der Waals surface area contributed by atoms with Crippen LogP contribution in [0, 0.1) is 0 Å². The molecule has 1 heterocycles. The van der Waals surface area contributed by atoms with Crippen molar-refractivity contribution >= 4 is 23.8 Å². The van der Waals surface area contributed by atoms with Gasteiger partial charge in [0.05, 0.1) is 12.6 Å². The smallest absolute Gasteiger partial charge is 0.326 e. The van der Waals surface area contributed by atoms with E-state index < -0.39 is 30.1 Å². The highest BCUT2D eigenvalue weighted by atomic mass is 16.4. The van der Waals surface area contributed by atoms with Gasteiger partial charge >= 0.3 is 11.9 Å². The molecule has 0 aliphatic carbocycles. The maximum atomic E-state index is 13.3. The molecule has 1 saturated heterocycles. The number of benzene rings is 1. The second-order valence-electron chi connectivity index (χ2n) is 8.54. The number of likely N-dealkylation sites (tertiary alicyclic amines) is 1. The standard InChI is InChI=1S/C24H36N4O6/c1-25-16-21(29)26-14-6-5-10-18(22(30)28-15-7-11-20(28)24(33)34)27-19(23(31)32)13-12-17-8-3-2-4-9-17/h2-4,8-9,18-20,25,27H,5-7,10-16H2,1H3,(H,26,29)(H,31,32)(H,33,34)/t18-,19?,20-/m0/s1. The Labute approximate surface area is 200 Å². The molecule has 1 unspecified atom stereocenters. The molecule has 1 aromatic carbocycles. The number of carboxylic acid groups (broad SMARTS) is 2. The molecule has 1 aliphatic rings. The molecule has 0 bridgehead atoms. The maximum Gasteiger partial charge on any atom is 0.326 e. The molecule has 1 aliphatic heterocycles. The van der Waals surface area contributed by atoms with E-state index in [0.29, 0.717) is 58.0 Å². The van der Waals surface area contributed by atoms with Crippen LogP contribution in [-0.4, -0.2) is 83.7 Å². The van der Waals surface area contributed by atoms with Gasteiger partial charge in [-0.15, -0.1) is 0 Å². The number of carbonyl (C=O) groups is 4. The molecule has 0 spiro atoms. The lowest BCUT2D eigenvalue weighted by molar-refractivity contribution is -0.149. The predicted octanol–water partition coefficient (Wildman–Crippen LogP) is 0.612. The van der Waals surface area contributed by atoms with E-state index in [9.17, 15) is 29.4 Å². The summed E-state index contributed by atoms with van der Waals surface area (Å²) in [5, 5.41) is 27.8. The maximum absolute atomic E-state index is 13.3. The zero-order valence-corrected chi connectivity index (χ0v) is 19.7. The van der Waals surface area contributed by atoms with E-state index in [4.69, 9.17) is 0 Å². The zero-order valence-electron chi connectivity index (χ0n) is 19.7. The third-order valence-electron chi connectivity index (χ3n) is 5.96. The quantitative estimate of drug-likeness (QED) is 0.231. The number of amides is 2. The van der Waals surface area contributed by atoms with Crippen LogP contribution in [0.3, 0.4) is 0 Å². The highest BCUT2D eigenvalue weighted by Crippen LogP contribution is 2.20. The van der Waals surface area contributed by atoms with Gasteiger partial charge in [-0.25, -0.2) is 4.79 Å². The van der Waals surface area contributed by atoms with Crippen LogP contribution in [0.25, 0.3) is 0 Å². The summed E-state index contributed by atoms with van der Waals surface area (Å²) in [4.78, 5) is 49.7. The Kier molecular flexibility index (Phi) is 11.5. The number of carboxylic acids is 2. The SMILES string of the molecule is CNCC(=O)NCCCC[C@H](NC(CCc1ccccc1)C(=O)O)C(=O)N1CCC[C@H]1C(=O)O. The fraction of sp³-hybridized carbons (Fsp3) is 0.583. The highest BCUT2D eigenvalue weighted by Gasteiger charge is 2.38. The topological polar surface area (TPSA) is 148 Å². The molecule has 188 valence electrons. The monoisotopic (exact) mass is 476 g/mol. The molecule has 1 aromatic rings. The van der Waals surface area contributed by atoms with E-state index in [1.807, 2.05) is 30.3 Å². The summed E-state index contributed by atoms with van der Waals surface area (Å²) in [5.41, 5.74) is 1.00. The number of rotatable bonds is 15. The van der Waals surface area contributed by atoms with Gasteiger partial charge in [-0.1, -0.05) is 30.3 Å². The Bertz CT molecular complexity index is 819. The molecular weight excluding hydrogens is 440 g/mol. The van der Waals surface area contributed by atoms with Gasteiger partial charge in [-0.2, -0.15) is 0 Å². The molecule has 10 nitrogen and oxygen atoms in total. The first-order valence-electron chi connectivity index (χ1n) is 11.8. The number of aliphatic carboxylic acids is 2. The number of carbonyl (C=O) groups excluding carboxylic acids is 2. The molecule has 3 atom stereocenters. The van der Waals surface area contributed by atoms with Crippen LogP contribution in [-0.2, 0) is 25.6 Å². The van der Waals surface area contributed by atoms with Gasteiger partial charge in [-0.05, 0) is 57.6 Å². The summed E-state index contributed by atoms with van der Waals surface area (Å²) in [6.07, 6.45) is 3.35. The average molecular weight is 477 g/mol. The minimum Gasteiger partial charge on any atom is -0.480 e. The summed E-state index contributed by atoms with van der Waals surface area (Å²) in [6, 6.07) is 6.86. The van der Waals surface area contributed by atoms with Crippen molar-refractivity contribution in [3.63, 3.8) is 0 Å². The van der Waals surface area contributed by atoms with Crippen molar-refractivity contribution in [2.45, 2.75) is 63.1 Å². The van der Waals surface area contributed by atoms with Gasteiger partial charge in [0.25, 0.3) is 0 Å². The number of nitrogens with one attached hydrogen (secondary N) is 3. The lowest BCUT2D eigenvalue weighted by atomic mass is 10.0. The Balaban J connectivity index is 2.03. The largest absolute Gasteiger partial charge is 0.480 e. The lowest BCUT2D eigenvalue weighted by Crippen LogP contribution is -2.54. The van der Waals surface area contributed by atoms with Gasteiger partial charge in [0.15, 0.2) is 0 Å². The molecule has 34 heavy (non-hydrogen) atoms. The highest BCUT2D eigenvalue weighted by molar-refractivity contribution is 5.88. The molecule has 0 aromatic heterocycles. The lowest BCUT2D eigenvalue weighted by Gasteiger charge is -2.29. The van der Waals surface area contributed by atoms with Crippen molar-refractivity contribution in [3.8, 4) is 0 Å². The number of hydrogen-bond acceptors (Lipinski definition) is 6. The van der Waals surface area contributed by atoms with E-state index in [2.05, 4.69) is 16.0 Å². The summed E-state index contributed by atoms with van der Waals surface area (Å²) < 4.78 is 0. The molecule has 10 heteroatoms. The van der Waals surface area contributed by atoms with Crippen LogP contribution >= 0.6 is 0 Å². The number of aryl methyl sites for hydroxylation is 1. The Morgan fingerprint density at radius 2 is 1.79 bits per heavy atom. The number of likely N-dealkylation sites (N-methyl/N-ethyl adjacent to an activating group) is 1. The fourth-order valence-corrected chi connectivity index (χ4v) is 4.17. The molecular formula is C24H36N4O6. The molecule has 0 saturated carbocycles. The zero-order chi connectivity index (χ0) is 24.9. The number of nitrogens with zero attached hydrogens (tertiary/aromatic N) is 1. The first kappa shape index (κ1) is 27.3. The minimum atomic E-state index is -1.05. The fourth-order valence-electron chi connectivity index (χ4n) is 4.17. The van der Waals surface area contributed by atoms with Crippen LogP contribution in [0.15, 0.2) is 30.3 Å². The molecule has 2 rings (SSSR count). The van der Waals surface area contributed by atoms with Gasteiger partial charge in [0.1, 0.15) is 12.1 Å². The van der Waals surface area contributed by atoms with Crippen LogP contribution < -0.4 is 16.0 Å². The number of unbranched alkanes of at least 4 members (excludes halogenated alkanes) is 1. The average Bonchev–Trinajstić information content (AvgIpc) is 3.31. The summed E-state index contributed by atoms with van der Waals surface area (Å²) >= 11 is 0. The van der Waals surface area contributed by atoms with Crippen molar-refractivity contribution in [2.24, 2.45) is 0 Å². The van der Waals surface area contributed by atoms with Gasteiger partial charge in [0, 0.05) is 13.1 Å². The van der Waals surface area contributed by atoms with Crippen molar-refractivity contribution in [1.82, 2.24) is 20.9 Å². The second-order valence-corrected chi connectivity index (χ2v) is 8.54. The van der Waals surface area contributed by atoms with Gasteiger partial charge in [0.2, 0.25) is 11.8 Å². The van der Waals surface area contributed by atoms with Crippen molar-refractivity contribution in [2.75, 3.05) is 26.7 Å². The molecule has 0 radical (unpaired) electrons. The van der Waals surface area contributed by atoms with Crippen LogP contribution in [0.4, 0.5) is 0 Å². The number of hydrogen-bond donors (Lipinski definition) is 5. The van der Waals surface area contributed by atoms with E-state index in [1.165, 1.54) is 4.90 Å². The Morgan fingerprint density at radius 1 is 1.06 bits per heavy atom. The van der Waals surface area contributed by atoms with E-state index >= 15 is 0 Å². The third-order valence-corrected chi connectivity index (χ3v) is 5.96. The van der Waals surface area contributed by atoms with E-state index in [-0.39, 0.29) is 18.4 Å². The van der Waals surface area contributed by atoms with Crippen LogP contribution in [0.1, 0.15) is 44.1 Å².